The molecule has 8 heteroatoms. The summed E-state index contributed by atoms with van der Waals surface area (Å²) < 4.78 is 5.42. The average molecular weight is 518 g/mol. The Kier molecular flexibility index (Phi) is 11.7. The van der Waals surface area contributed by atoms with Gasteiger partial charge in [0.25, 0.3) is 0 Å². The zero-order valence-electron chi connectivity index (χ0n) is 23.5. The monoisotopic (exact) mass is 517 g/mol. The first kappa shape index (κ1) is 30.5. The number of amides is 3. The smallest absolute Gasteiger partial charge is 0.408 e. The molecule has 3 amide bonds. The predicted molar refractivity (Wildman–Crippen MR) is 145 cm³/mol. The number of hydrogen-bond donors (Lipinski definition) is 3. The second-order valence-electron chi connectivity index (χ2n) is 11.4. The highest BCUT2D eigenvalue weighted by atomic mass is 16.6. The minimum atomic E-state index is -0.930. The first-order valence-corrected chi connectivity index (χ1v) is 13.8. The topological polar surface area (TPSA) is 108 Å². The first-order chi connectivity index (χ1) is 17.4. The van der Waals surface area contributed by atoms with E-state index in [0.29, 0.717) is 18.5 Å². The summed E-state index contributed by atoms with van der Waals surface area (Å²) in [4.78, 5) is 42.1. The van der Waals surface area contributed by atoms with Crippen molar-refractivity contribution in [3.8, 4) is 5.75 Å². The van der Waals surface area contributed by atoms with Crippen LogP contribution in [-0.2, 0) is 14.3 Å². The van der Waals surface area contributed by atoms with Crippen molar-refractivity contribution in [1.29, 1.82) is 0 Å². The zero-order valence-corrected chi connectivity index (χ0v) is 23.5. The number of aromatic hydroxyl groups is 1. The quantitative estimate of drug-likeness (QED) is 0.338. The molecule has 0 bridgehead atoms. The number of rotatable bonds is 11. The van der Waals surface area contributed by atoms with Gasteiger partial charge in [-0.2, -0.15) is 0 Å². The van der Waals surface area contributed by atoms with Crippen LogP contribution in [0.3, 0.4) is 0 Å². The maximum Gasteiger partial charge on any atom is 0.408 e. The number of phenolic OH excluding ortho intramolecular Hbond substituents is 1. The lowest BCUT2D eigenvalue weighted by molar-refractivity contribution is -0.143. The standard InChI is InChI=1S/C29H47N3O5/c1-7-8-12-18-32(27(35)24(20(2)3)31-28(36)37-29(4,5)6)25(21-14-13-17-23(33)19-21)26(34)30-22-15-10-9-11-16-22/h13-14,17,19-20,22,24-25,33H,7-12,15-16,18H2,1-6H3,(H,30,34)(H,31,36). The van der Waals surface area contributed by atoms with Crippen molar-refractivity contribution in [2.45, 2.75) is 117 Å². The van der Waals surface area contributed by atoms with E-state index >= 15 is 0 Å². The number of alkyl carbamates (subject to hydrolysis) is 1. The molecule has 0 saturated heterocycles. The summed E-state index contributed by atoms with van der Waals surface area (Å²) in [5, 5.41) is 16.1. The number of hydrogen-bond acceptors (Lipinski definition) is 5. The van der Waals surface area contributed by atoms with Crippen LogP contribution in [0.2, 0.25) is 0 Å². The van der Waals surface area contributed by atoms with Crippen LogP contribution in [0.25, 0.3) is 0 Å². The molecule has 1 fully saturated rings. The summed E-state index contributed by atoms with van der Waals surface area (Å²) in [6.07, 6.45) is 7.01. The summed E-state index contributed by atoms with van der Waals surface area (Å²) >= 11 is 0. The second kappa shape index (κ2) is 14.2. The van der Waals surface area contributed by atoms with E-state index < -0.39 is 23.8 Å². The van der Waals surface area contributed by atoms with E-state index in [1.54, 1.807) is 43.9 Å². The van der Waals surface area contributed by atoms with Gasteiger partial charge in [-0.15, -0.1) is 0 Å². The second-order valence-corrected chi connectivity index (χ2v) is 11.4. The lowest BCUT2D eigenvalue weighted by Gasteiger charge is -2.36. The fourth-order valence-corrected chi connectivity index (χ4v) is 4.72. The molecule has 8 nitrogen and oxygen atoms in total. The highest BCUT2D eigenvalue weighted by Crippen LogP contribution is 2.28. The van der Waals surface area contributed by atoms with Gasteiger partial charge in [-0.05, 0) is 63.6 Å². The van der Waals surface area contributed by atoms with Gasteiger partial charge >= 0.3 is 6.09 Å². The van der Waals surface area contributed by atoms with Crippen LogP contribution >= 0.6 is 0 Å². The van der Waals surface area contributed by atoms with E-state index in [2.05, 4.69) is 17.6 Å². The van der Waals surface area contributed by atoms with Crippen molar-refractivity contribution in [2.75, 3.05) is 6.54 Å². The highest BCUT2D eigenvalue weighted by molar-refractivity contribution is 5.92. The maximum atomic E-state index is 14.1. The Morgan fingerprint density at radius 3 is 2.35 bits per heavy atom. The summed E-state index contributed by atoms with van der Waals surface area (Å²) in [5.74, 6) is -0.813. The van der Waals surface area contributed by atoms with Gasteiger partial charge in [-0.25, -0.2) is 4.79 Å². The average Bonchev–Trinajstić information content (AvgIpc) is 2.81. The van der Waals surface area contributed by atoms with Crippen molar-refractivity contribution in [1.82, 2.24) is 15.5 Å². The van der Waals surface area contributed by atoms with Crippen LogP contribution in [0.1, 0.15) is 105 Å². The molecule has 0 aromatic heterocycles. The van der Waals surface area contributed by atoms with Crippen molar-refractivity contribution in [3.63, 3.8) is 0 Å². The number of phenols is 1. The third-order valence-electron chi connectivity index (χ3n) is 6.59. The molecule has 1 aliphatic rings. The lowest BCUT2D eigenvalue weighted by atomic mass is 9.94. The van der Waals surface area contributed by atoms with Crippen molar-refractivity contribution in [2.24, 2.45) is 5.92 Å². The summed E-state index contributed by atoms with van der Waals surface area (Å²) in [6.45, 7) is 11.4. The Labute approximate surface area is 222 Å². The Morgan fingerprint density at radius 1 is 1.11 bits per heavy atom. The molecule has 0 heterocycles. The van der Waals surface area contributed by atoms with E-state index in [9.17, 15) is 19.5 Å². The normalized spacial score (nSPS) is 16.1. The number of ether oxygens (including phenoxy) is 1. The highest BCUT2D eigenvalue weighted by Gasteiger charge is 2.38. The van der Waals surface area contributed by atoms with Crippen molar-refractivity contribution >= 4 is 17.9 Å². The largest absolute Gasteiger partial charge is 0.508 e. The number of nitrogens with zero attached hydrogens (tertiary/aromatic N) is 1. The molecule has 0 spiro atoms. The summed E-state index contributed by atoms with van der Waals surface area (Å²) in [6, 6.07) is 4.78. The molecule has 1 saturated carbocycles. The molecule has 1 aromatic rings. The molecule has 2 atom stereocenters. The van der Waals surface area contributed by atoms with Gasteiger partial charge in [-0.3, -0.25) is 9.59 Å². The fraction of sp³-hybridized carbons (Fsp3) is 0.690. The van der Waals surface area contributed by atoms with Crippen LogP contribution < -0.4 is 10.6 Å². The maximum absolute atomic E-state index is 14.1. The van der Waals surface area contributed by atoms with Gasteiger partial charge in [0.2, 0.25) is 11.8 Å². The van der Waals surface area contributed by atoms with E-state index in [1.165, 1.54) is 6.07 Å². The van der Waals surface area contributed by atoms with Crippen molar-refractivity contribution in [3.05, 3.63) is 29.8 Å². The Hall–Kier alpha value is -2.77. The van der Waals surface area contributed by atoms with Crippen molar-refractivity contribution < 1.29 is 24.2 Å². The van der Waals surface area contributed by atoms with Gasteiger partial charge in [0, 0.05) is 12.6 Å². The van der Waals surface area contributed by atoms with Crippen LogP contribution in [0.4, 0.5) is 4.79 Å². The van der Waals surface area contributed by atoms with Crippen LogP contribution in [-0.4, -0.2) is 52.1 Å². The summed E-state index contributed by atoms with van der Waals surface area (Å²) in [7, 11) is 0. The molecule has 0 radical (unpaired) electrons. The van der Waals surface area contributed by atoms with Gasteiger partial charge in [0.05, 0.1) is 0 Å². The molecule has 208 valence electrons. The Bertz CT molecular complexity index is 890. The predicted octanol–water partition coefficient (Wildman–Crippen LogP) is 5.45. The third kappa shape index (κ3) is 9.90. The van der Waals surface area contributed by atoms with E-state index in [1.807, 2.05) is 13.8 Å². The van der Waals surface area contributed by atoms with Gasteiger partial charge in [0.15, 0.2) is 0 Å². The molecular formula is C29H47N3O5. The van der Waals surface area contributed by atoms with Crippen LogP contribution in [0.15, 0.2) is 24.3 Å². The molecule has 1 aromatic carbocycles. The third-order valence-corrected chi connectivity index (χ3v) is 6.59. The molecule has 2 rings (SSSR count). The molecule has 37 heavy (non-hydrogen) atoms. The molecule has 2 unspecified atom stereocenters. The molecular weight excluding hydrogens is 470 g/mol. The zero-order chi connectivity index (χ0) is 27.6. The number of carbonyl (C=O) groups is 3. The van der Waals surface area contributed by atoms with E-state index in [-0.39, 0.29) is 29.5 Å². The first-order valence-electron chi connectivity index (χ1n) is 13.8. The summed E-state index contributed by atoms with van der Waals surface area (Å²) in [5.41, 5.74) is -0.169. The van der Waals surface area contributed by atoms with Crippen LogP contribution in [0, 0.1) is 5.92 Å². The van der Waals surface area contributed by atoms with Gasteiger partial charge in [-0.1, -0.05) is 65.0 Å². The molecule has 3 N–H and O–H groups in total. The Balaban J connectivity index is 2.44. The number of nitrogens with one attached hydrogen (secondary N) is 2. The minimum absolute atomic E-state index is 0.0289. The molecule has 1 aliphatic carbocycles. The number of benzene rings is 1. The fourth-order valence-electron chi connectivity index (χ4n) is 4.72. The number of unbranched alkanes of at least 4 members (excludes halogenated alkanes) is 2. The SMILES string of the molecule is CCCCCN(C(=O)C(NC(=O)OC(C)(C)C)C(C)C)C(C(=O)NC1CCCCC1)c1cccc(O)c1. The van der Waals surface area contributed by atoms with Gasteiger partial charge < -0.3 is 25.4 Å². The Morgan fingerprint density at radius 2 is 1.78 bits per heavy atom. The van der Waals surface area contributed by atoms with E-state index in [4.69, 9.17) is 4.74 Å². The molecule has 0 aliphatic heterocycles. The van der Waals surface area contributed by atoms with E-state index in [0.717, 1.165) is 44.9 Å². The number of carbonyl (C=O) groups excluding carboxylic acids is 3. The minimum Gasteiger partial charge on any atom is -0.508 e. The lowest BCUT2D eigenvalue weighted by Crippen LogP contribution is -2.55. The van der Waals surface area contributed by atoms with Gasteiger partial charge in [0.1, 0.15) is 23.4 Å². The van der Waals surface area contributed by atoms with Crippen LogP contribution in [0.5, 0.6) is 5.75 Å².